The van der Waals surface area contributed by atoms with Crippen LogP contribution in [-0.4, -0.2) is 30.1 Å². The monoisotopic (exact) mass is 390 g/mol. The molecular weight excluding hydrogens is 378 g/mol. The van der Waals surface area contributed by atoms with E-state index in [-0.39, 0.29) is 22.7 Å². The van der Waals surface area contributed by atoms with Crippen molar-refractivity contribution in [2.24, 2.45) is 0 Å². The summed E-state index contributed by atoms with van der Waals surface area (Å²) in [7, 11) is 1.47. The van der Waals surface area contributed by atoms with Crippen LogP contribution in [0.25, 0.3) is 0 Å². The van der Waals surface area contributed by atoms with Crippen LogP contribution in [0.5, 0.6) is 5.75 Å². The van der Waals surface area contributed by atoms with Gasteiger partial charge in [0.05, 0.1) is 29.0 Å². The van der Waals surface area contributed by atoms with Crippen LogP contribution in [0.15, 0.2) is 47.4 Å². The topological polar surface area (TPSA) is 86.7 Å². The molecule has 2 aromatic carbocycles. The van der Waals surface area contributed by atoms with Gasteiger partial charge in [-0.3, -0.25) is 9.59 Å². The van der Waals surface area contributed by atoms with E-state index in [2.05, 4.69) is 0 Å². The van der Waals surface area contributed by atoms with E-state index in [0.29, 0.717) is 10.6 Å². The predicted octanol–water partition coefficient (Wildman–Crippen LogP) is 2.14. The molecule has 0 N–H and O–H groups in total. The Balaban J connectivity index is 1.90. The summed E-state index contributed by atoms with van der Waals surface area (Å²) in [5.74, 6) is -1.74. The van der Waals surface area contributed by atoms with Crippen LogP contribution in [0.4, 0.5) is 5.69 Å². The number of rotatable bonds is 5. The number of imide groups is 1. The van der Waals surface area contributed by atoms with Gasteiger partial charge < -0.3 is 14.6 Å². The quantitative estimate of drug-likeness (QED) is 0.727. The zero-order valence-electron chi connectivity index (χ0n) is 13.6. The summed E-state index contributed by atoms with van der Waals surface area (Å²) in [6, 6.07) is 10.9. The Hall–Kier alpha value is -2.51. The van der Waals surface area contributed by atoms with Gasteiger partial charge in [-0.15, -0.1) is 11.8 Å². The van der Waals surface area contributed by atoms with Crippen molar-refractivity contribution in [3.8, 4) is 5.75 Å². The molecule has 1 aliphatic rings. The average Bonchev–Trinajstić information content (AvgIpc) is 2.89. The van der Waals surface area contributed by atoms with Gasteiger partial charge in [0, 0.05) is 22.9 Å². The van der Waals surface area contributed by atoms with Gasteiger partial charge in [-0.2, -0.15) is 0 Å². The van der Waals surface area contributed by atoms with Crippen molar-refractivity contribution < 1.29 is 24.2 Å². The molecule has 3 rings (SSSR count). The molecule has 2 aromatic rings. The van der Waals surface area contributed by atoms with Gasteiger partial charge in [0.1, 0.15) is 5.75 Å². The summed E-state index contributed by atoms with van der Waals surface area (Å²) in [5.41, 5.74) is 0.230. The Bertz CT molecular complexity index is 901. The highest BCUT2D eigenvalue weighted by Crippen LogP contribution is 2.38. The summed E-state index contributed by atoms with van der Waals surface area (Å²) in [5, 5.41) is 10.7. The van der Waals surface area contributed by atoms with Gasteiger partial charge in [-0.25, -0.2) is 4.90 Å². The molecule has 1 saturated heterocycles. The smallest absolute Gasteiger partial charge is 0.247 e. The highest BCUT2D eigenvalue weighted by atomic mass is 35.5. The molecule has 0 radical (unpaired) electrons. The van der Waals surface area contributed by atoms with Crippen molar-refractivity contribution in [2.75, 3.05) is 12.0 Å². The molecule has 0 unspecified atom stereocenters. The van der Waals surface area contributed by atoms with Crippen molar-refractivity contribution in [1.29, 1.82) is 0 Å². The number of benzene rings is 2. The number of carboxylic acid groups (broad SMARTS) is 1. The molecule has 1 atom stereocenters. The van der Waals surface area contributed by atoms with E-state index in [1.165, 1.54) is 19.2 Å². The van der Waals surface area contributed by atoms with Crippen molar-refractivity contribution in [2.45, 2.75) is 16.6 Å². The van der Waals surface area contributed by atoms with E-state index in [4.69, 9.17) is 16.3 Å². The maximum Gasteiger partial charge on any atom is 0.247 e. The van der Waals surface area contributed by atoms with Gasteiger partial charge in [0.15, 0.2) is 0 Å². The lowest BCUT2D eigenvalue weighted by Gasteiger charge is -2.18. The van der Waals surface area contributed by atoms with Gasteiger partial charge in [-0.1, -0.05) is 29.8 Å². The van der Waals surface area contributed by atoms with Crippen LogP contribution < -0.4 is 14.7 Å². The molecule has 0 saturated carbocycles. The number of aromatic carboxylic acids is 1. The summed E-state index contributed by atoms with van der Waals surface area (Å²) in [4.78, 5) is 37.8. The summed E-state index contributed by atoms with van der Waals surface area (Å²) >= 11 is 7.17. The number of thioether (sulfide) groups is 1. The molecule has 0 aromatic heterocycles. The minimum atomic E-state index is -1.34. The number of carboxylic acids is 1. The zero-order valence-corrected chi connectivity index (χ0v) is 15.2. The van der Waals surface area contributed by atoms with Crippen molar-refractivity contribution in [1.82, 2.24) is 0 Å². The molecule has 0 aliphatic carbocycles. The number of carbonyl (C=O) groups is 3. The first-order valence-corrected chi connectivity index (χ1v) is 8.85. The molecule has 0 spiro atoms. The maximum atomic E-state index is 12.8. The first-order chi connectivity index (χ1) is 12.4. The summed E-state index contributed by atoms with van der Waals surface area (Å²) in [6.07, 6.45) is -0.0571. The lowest BCUT2D eigenvalue weighted by molar-refractivity contribution is -0.255. The fraction of sp³-hybridized carbons (Fsp3) is 0.167. The van der Waals surface area contributed by atoms with Crippen LogP contribution in [0.3, 0.4) is 0 Å². The minimum Gasteiger partial charge on any atom is -0.545 e. The number of carbonyl (C=O) groups excluding carboxylic acids is 3. The van der Waals surface area contributed by atoms with Gasteiger partial charge in [-0.05, 0) is 18.2 Å². The lowest BCUT2D eigenvalue weighted by atomic mass is 10.2. The fourth-order valence-electron chi connectivity index (χ4n) is 2.63. The standard InChI is InChI=1S/C18H14ClNO5S/c1-25-10-6-7-12(19)13(8-10)20-16(21)9-15(17(20)22)26-14-5-3-2-4-11(14)18(23)24/h2-8,15H,9H2,1H3,(H,23,24)/p-1/t15-/m1/s1. The lowest BCUT2D eigenvalue weighted by Crippen LogP contribution is -2.31. The van der Waals surface area contributed by atoms with E-state index in [1.54, 1.807) is 30.3 Å². The molecule has 1 heterocycles. The molecule has 0 bridgehead atoms. The van der Waals surface area contributed by atoms with E-state index < -0.39 is 23.0 Å². The maximum absolute atomic E-state index is 12.8. The minimum absolute atomic E-state index is 0.0180. The number of methoxy groups -OCH3 is 1. The first-order valence-electron chi connectivity index (χ1n) is 7.59. The molecule has 1 fully saturated rings. The molecule has 8 heteroatoms. The fourth-order valence-corrected chi connectivity index (χ4v) is 4.01. The Labute approximate surface area is 158 Å². The SMILES string of the molecule is COc1ccc(Cl)c(N2C(=O)C[C@@H](Sc3ccccc3C(=O)[O-])C2=O)c1. The van der Waals surface area contributed by atoms with Gasteiger partial charge >= 0.3 is 0 Å². The summed E-state index contributed by atoms with van der Waals surface area (Å²) in [6.45, 7) is 0. The number of amides is 2. The normalized spacial score (nSPS) is 16.8. The second-order valence-corrected chi connectivity index (χ2v) is 7.13. The largest absolute Gasteiger partial charge is 0.545 e. The molecular formula is C18H13ClNO5S-. The Kier molecular flexibility index (Phi) is 5.20. The Morgan fingerprint density at radius 2 is 2.00 bits per heavy atom. The molecule has 26 heavy (non-hydrogen) atoms. The Morgan fingerprint density at radius 1 is 1.27 bits per heavy atom. The van der Waals surface area contributed by atoms with E-state index in [9.17, 15) is 19.5 Å². The van der Waals surface area contributed by atoms with Crippen LogP contribution in [0.1, 0.15) is 16.8 Å². The van der Waals surface area contributed by atoms with Crippen LogP contribution >= 0.6 is 23.4 Å². The van der Waals surface area contributed by atoms with Gasteiger partial charge in [0.2, 0.25) is 11.8 Å². The third-order valence-corrected chi connectivity index (χ3v) is 5.46. The highest BCUT2D eigenvalue weighted by molar-refractivity contribution is 8.00. The number of anilines is 1. The number of nitrogens with zero attached hydrogens (tertiary/aromatic N) is 1. The summed E-state index contributed by atoms with van der Waals surface area (Å²) < 4.78 is 5.12. The predicted molar refractivity (Wildman–Crippen MR) is 95.5 cm³/mol. The average molecular weight is 391 g/mol. The molecule has 2 amide bonds. The van der Waals surface area contributed by atoms with Crippen molar-refractivity contribution in [3.05, 3.63) is 53.1 Å². The van der Waals surface area contributed by atoms with Gasteiger partial charge in [0.25, 0.3) is 0 Å². The number of hydrogen-bond acceptors (Lipinski definition) is 6. The van der Waals surface area contributed by atoms with E-state index in [0.717, 1.165) is 16.7 Å². The molecule has 134 valence electrons. The number of hydrogen-bond donors (Lipinski definition) is 0. The second kappa shape index (κ2) is 7.39. The molecule has 1 aliphatic heterocycles. The van der Waals surface area contributed by atoms with Crippen molar-refractivity contribution in [3.63, 3.8) is 0 Å². The number of ether oxygens (including phenoxy) is 1. The van der Waals surface area contributed by atoms with E-state index in [1.807, 2.05) is 0 Å². The van der Waals surface area contributed by atoms with Crippen LogP contribution in [0.2, 0.25) is 5.02 Å². The van der Waals surface area contributed by atoms with Crippen LogP contribution in [-0.2, 0) is 9.59 Å². The van der Waals surface area contributed by atoms with Crippen LogP contribution in [0, 0.1) is 0 Å². The third-order valence-electron chi connectivity index (χ3n) is 3.88. The Morgan fingerprint density at radius 3 is 2.69 bits per heavy atom. The highest BCUT2D eigenvalue weighted by Gasteiger charge is 2.41. The number of halogens is 1. The zero-order chi connectivity index (χ0) is 18.8. The second-order valence-electron chi connectivity index (χ2n) is 5.48. The van der Waals surface area contributed by atoms with E-state index >= 15 is 0 Å². The molecule has 6 nitrogen and oxygen atoms in total. The first kappa shape index (κ1) is 18.3. The third kappa shape index (κ3) is 3.40. The van der Waals surface area contributed by atoms with Crippen molar-refractivity contribution >= 4 is 46.8 Å².